The minimum atomic E-state index is -0.931. The Labute approximate surface area is 130 Å². The lowest BCUT2D eigenvalue weighted by Gasteiger charge is -2.13. The van der Waals surface area contributed by atoms with Crippen LogP contribution in [0.3, 0.4) is 0 Å². The molecule has 0 spiro atoms. The van der Waals surface area contributed by atoms with Crippen LogP contribution in [-0.4, -0.2) is 30.1 Å². The number of ether oxygens (including phenoxy) is 1. The second-order valence-electron chi connectivity index (χ2n) is 4.49. The number of carbonyl (C=O) groups excluding carboxylic acids is 1. The lowest BCUT2D eigenvalue weighted by molar-refractivity contribution is -0.142. The number of rotatable bonds is 8. The predicted octanol–water partition coefficient (Wildman–Crippen LogP) is 2.58. The molecule has 1 aromatic carbocycles. The van der Waals surface area contributed by atoms with Crippen LogP contribution in [-0.2, 0) is 9.59 Å². The van der Waals surface area contributed by atoms with Gasteiger partial charge in [-0.05, 0) is 40.5 Å². The van der Waals surface area contributed by atoms with Gasteiger partial charge in [0.25, 0.3) is 5.91 Å². The van der Waals surface area contributed by atoms with Crippen molar-refractivity contribution in [3.63, 3.8) is 0 Å². The van der Waals surface area contributed by atoms with E-state index in [1.807, 2.05) is 6.92 Å². The predicted molar refractivity (Wildman–Crippen MR) is 78.6 cm³/mol. The number of hydrogen-bond acceptors (Lipinski definition) is 3. The number of halogens is 2. The van der Waals surface area contributed by atoms with E-state index in [1.165, 1.54) is 18.2 Å². The van der Waals surface area contributed by atoms with E-state index in [0.29, 0.717) is 16.6 Å². The quantitative estimate of drug-likeness (QED) is 0.746. The second kappa shape index (κ2) is 8.61. The molecule has 0 heterocycles. The number of carbonyl (C=O) groups is 2. The minimum absolute atomic E-state index is 0.0654. The Balaban J connectivity index is 2.41. The summed E-state index contributed by atoms with van der Waals surface area (Å²) in [4.78, 5) is 22.5. The van der Waals surface area contributed by atoms with Crippen molar-refractivity contribution >= 4 is 27.8 Å². The normalized spacial score (nSPS) is 11.8. The highest BCUT2D eigenvalue weighted by atomic mass is 79.9. The van der Waals surface area contributed by atoms with Crippen molar-refractivity contribution in [3.8, 4) is 5.75 Å². The summed E-state index contributed by atoms with van der Waals surface area (Å²) in [5, 5.41) is 11.5. The van der Waals surface area contributed by atoms with Gasteiger partial charge in [0.1, 0.15) is 11.6 Å². The average Bonchev–Trinajstić information content (AvgIpc) is 2.42. The molecule has 0 aliphatic rings. The summed E-state index contributed by atoms with van der Waals surface area (Å²) in [5.41, 5.74) is 0. The molecule has 0 saturated carbocycles. The van der Waals surface area contributed by atoms with Crippen LogP contribution in [0, 0.1) is 11.7 Å². The van der Waals surface area contributed by atoms with Crippen LogP contribution in [0.4, 0.5) is 4.39 Å². The van der Waals surface area contributed by atoms with E-state index in [9.17, 15) is 14.0 Å². The van der Waals surface area contributed by atoms with Crippen LogP contribution in [0.25, 0.3) is 0 Å². The van der Waals surface area contributed by atoms with Gasteiger partial charge in [-0.15, -0.1) is 0 Å². The SMILES string of the molecule is CCCC(CNC(=O)COc1ccc(F)cc1Br)C(=O)O. The maximum Gasteiger partial charge on any atom is 0.308 e. The molecule has 0 saturated heterocycles. The summed E-state index contributed by atoms with van der Waals surface area (Å²) in [6.45, 7) is 1.69. The Morgan fingerprint density at radius 3 is 2.76 bits per heavy atom. The van der Waals surface area contributed by atoms with Gasteiger partial charge in [-0.25, -0.2) is 4.39 Å². The molecule has 1 atom stereocenters. The number of carboxylic acids is 1. The van der Waals surface area contributed by atoms with E-state index in [0.717, 1.165) is 6.42 Å². The first-order chi connectivity index (χ1) is 9.93. The lowest BCUT2D eigenvalue weighted by atomic mass is 10.0. The molecule has 0 fully saturated rings. The monoisotopic (exact) mass is 361 g/mol. The highest BCUT2D eigenvalue weighted by molar-refractivity contribution is 9.10. The van der Waals surface area contributed by atoms with Gasteiger partial charge in [-0.2, -0.15) is 0 Å². The molecule has 0 bridgehead atoms. The Morgan fingerprint density at radius 2 is 2.19 bits per heavy atom. The maximum atomic E-state index is 12.9. The number of aliphatic carboxylic acids is 1. The van der Waals surface area contributed by atoms with Gasteiger partial charge >= 0.3 is 5.97 Å². The largest absolute Gasteiger partial charge is 0.483 e. The number of hydrogen-bond donors (Lipinski definition) is 2. The topological polar surface area (TPSA) is 75.6 Å². The maximum absolute atomic E-state index is 12.9. The van der Waals surface area contributed by atoms with Crippen LogP contribution in [0.2, 0.25) is 0 Å². The molecule has 1 aromatic rings. The molecule has 1 amide bonds. The van der Waals surface area contributed by atoms with Crippen molar-refractivity contribution in [1.29, 1.82) is 0 Å². The van der Waals surface area contributed by atoms with Gasteiger partial charge in [-0.1, -0.05) is 13.3 Å². The van der Waals surface area contributed by atoms with Gasteiger partial charge in [0.15, 0.2) is 6.61 Å². The minimum Gasteiger partial charge on any atom is -0.483 e. The van der Waals surface area contributed by atoms with E-state index in [-0.39, 0.29) is 13.2 Å². The van der Waals surface area contributed by atoms with Gasteiger partial charge in [-0.3, -0.25) is 9.59 Å². The highest BCUT2D eigenvalue weighted by Crippen LogP contribution is 2.25. The fourth-order valence-electron chi connectivity index (χ4n) is 1.68. The highest BCUT2D eigenvalue weighted by Gasteiger charge is 2.17. The molecule has 0 aliphatic carbocycles. The van der Waals surface area contributed by atoms with Gasteiger partial charge in [0, 0.05) is 6.54 Å². The molecule has 1 rings (SSSR count). The van der Waals surface area contributed by atoms with Crippen LogP contribution >= 0.6 is 15.9 Å². The van der Waals surface area contributed by atoms with Gasteiger partial charge in [0.05, 0.1) is 10.4 Å². The van der Waals surface area contributed by atoms with Crippen molar-refractivity contribution in [2.45, 2.75) is 19.8 Å². The van der Waals surface area contributed by atoms with E-state index in [1.54, 1.807) is 0 Å². The first-order valence-electron chi connectivity index (χ1n) is 6.51. The van der Waals surface area contributed by atoms with Gasteiger partial charge in [0.2, 0.25) is 0 Å². The molecule has 2 N–H and O–H groups in total. The fraction of sp³-hybridized carbons (Fsp3) is 0.429. The first-order valence-corrected chi connectivity index (χ1v) is 7.30. The van der Waals surface area contributed by atoms with Crippen molar-refractivity contribution < 1.29 is 23.8 Å². The summed E-state index contributed by atoms with van der Waals surface area (Å²) in [6.07, 6.45) is 1.23. The van der Waals surface area contributed by atoms with Crippen molar-refractivity contribution in [2.75, 3.05) is 13.2 Å². The zero-order chi connectivity index (χ0) is 15.8. The number of carboxylic acid groups (broad SMARTS) is 1. The third-order valence-electron chi connectivity index (χ3n) is 2.78. The molecular formula is C14H17BrFNO4. The number of benzene rings is 1. The smallest absolute Gasteiger partial charge is 0.308 e. The van der Waals surface area contributed by atoms with Crippen molar-refractivity contribution in [1.82, 2.24) is 5.32 Å². The van der Waals surface area contributed by atoms with E-state index < -0.39 is 23.6 Å². The second-order valence-corrected chi connectivity index (χ2v) is 5.35. The van der Waals surface area contributed by atoms with E-state index in [2.05, 4.69) is 21.2 Å². The van der Waals surface area contributed by atoms with Crippen molar-refractivity contribution in [2.24, 2.45) is 5.92 Å². The molecular weight excluding hydrogens is 345 g/mol. The first kappa shape index (κ1) is 17.4. The third-order valence-corrected chi connectivity index (χ3v) is 3.40. The lowest BCUT2D eigenvalue weighted by Crippen LogP contribution is -2.35. The molecule has 116 valence electrons. The number of amides is 1. The van der Waals surface area contributed by atoms with Crippen LogP contribution in [0.5, 0.6) is 5.75 Å². The Bertz CT molecular complexity index is 510. The summed E-state index contributed by atoms with van der Waals surface area (Å²) in [6, 6.07) is 3.86. The number of nitrogens with one attached hydrogen (secondary N) is 1. The molecule has 21 heavy (non-hydrogen) atoms. The Morgan fingerprint density at radius 1 is 1.48 bits per heavy atom. The summed E-state index contributed by atoms with van der Waals surface area (Å²) >= 11 is 3.12. The third kappa shape index (κ3) is 6.12. The zero-order valence-corrected chi connectivity index (χ0v) is 13.2. The summed E-state index contributed by atoms with van der Waals surface area (Å²) < 4.78 is 18.5. The molecule has 5 nitrogen and oxygen atoms in total. The van der Waals surface area contributed by atoms with E-state index >= 15 is 0 Å². The Kier molecular flexibility index (Phi) is 7.14. The standard InChI is InChI=1S/C14H17BrFNO4/c1-2-3-9(14(19)20)7-17-13(18)8-21-12-5-4-10(16)6-11(12)15/h4-6,9H,2-3,7-8H2,1H3,(H,17,18)(H,19,20). The van der Waals surface area contributed by atoms with Gasteiger partial charge < -0.3 is 15.2 Å². The zero-order valence-electron chi connectivity index (χ0n) is 11.6. The van der Waals surface area contributed by atoms with E-state index in [4.69, 9.17) is 9.84 Å². The molecule has 0 aliphatic heterocycles. The molecule has 1 unspecified atom stereocenters. The van der Waals surface area contributed by atoms with Crippen LogP contribution < -0.4 is 10.1 Å². The molecule has 7 heteroatoms. The fourth-order valence-corrected chi connectivity index (χ4v) is 2.15. The van der Waals surface area contributed by atoms with Crippen LogP contribution in [0.1, 0.15) is 19.8 Å². The Hall–Kier alpha value is -1.63. The van der Waals surface area contributed by atoms with Crippen molar-refractivity contribution in [3.05, 3.63) is 28.5 Å². The molecule has 0 aromatic heterocycles. The average molecular weight is 362 g/mol. The summed E-state index contributed by atoms with van der Waals surface area (Å²) in [5.74, 6) is -2.03. The molecule has 0 radical (unpaired) electrons. The van der Waals surface area contributed by atoms with Crippen LogP contribution in [0.15, 0.2) is 22.7 Å². The summed E-state index contributed by atoms with van der Waals surface area (Å²) in [7, 11) is 0.